The van der Waals surface area contributed by atoms with Gasteiger partial charge in [-0.25, -0.2) is 0 Å². The number of hydrogen-bond donors (Lipinski definition) is 0. The molecule has 0 heterocycles. The Morgan fingerprint density at radius 1 is 0.290 bits per heavy atom. The van der Waals surface area contributed by atoms with E-state index in [0.29, 0.717) is 19.3 Å². The van der Waals surface area contributed by atoms with E-state index in [-0.39, 0.29) is 44.0 Å². The van der Waals surface area contributed by atoms with E-state index in [9.17, 15) is 14.4 Å². The highest BCUT2D eigenvalue weighted by molar-refractivity contribution is 5.71. The molecule has 0 aromatic rings. The van der Waals surface area contributed by atoms with Gasteiger partial charge in [0, 0.05) is 19.3 Å². The fraction of sp³-hybridized carbons (Fsp3) is 0.730. The van der Waals surface area contributed by atoms with Crippen LogP contribution in [0.15, 0.2) is 85.1 Å². The zero-order chi connectivity index (χ0) is 50.0. The van der Waals surface area contributed by atoms with E-state index in [4.69, 9.17) is 14.2 Å². The molecule has 1 atom stereocenters. The number of allylic oxidation sites excluding steroid dienone is 14. The van der Waals surface area contributed by atoms with E-state index in [1.807, 2.05) is 0 Å². The molecule has 0 unspecified atom stereocenters. The van der Waals surface area contributed by atoms with E-state index >= 15 is 0 Å². The highest BCUT2D eigenvalue weighted by Gasteiger charge is 2.19. The normalized spacial score (nSPS) is 12.7. The second-order valence-corrected chi connectivity index (χ2v) is 19.2. The van der Waals surface area contributed by atoms with Gasteiger partial charge >= 0.3 is 17.9 Å². The molecule has 0 aliphatic carbocycles. The molecule has 0 spiro atoms. The minimum absolute atomic E-state index is 0.112. The van der Waals surface area contributed by atoms with Crippen LogP contribution in [-0.2, 0) is 28.6 Å². The molecule has 0 bridgehead atoms. The van der Waals surface area contributed by atoms with Gasteiger partial charge in [-0.05, 0) is 89.9 Å². The first-order valence-electron chi connectivity index (χ1n) is 29.1. The fourth-order valence-electron chi connectivity index (χ4n) is 7.98. The van der Waals surface area contributed by atoms with Crippen LogP contribution in [0.1, 0.15) is 278 Å². The molecule has 6 heteroatoms. The van der Waals surface area contributed by atoms with Crippen molar-refractivity contribution >= 4 is 17.9 Å². The second-order valence-electron chi connectivity index (χ2n) is 19.2. The molecule has 0 amide bonds. The topological polar surface area (TPSA) is 78.9 Å². The Bertz CT molecular complexity index is 1330. The lowest BCUT2D eigenvalue weighted by molar-refractivity contribution is -0.167. The van der Waals surface area contributed by atoms with Crippen LogP contribution in [0.4, 0.5) is 0 Å². The third kappa shape index (κ3) is 55.4. The molecule has 0 aliphatic heterocycles. The maximum absolute atomic E-state index is 12.8. The molecule has 0 rings (SSSR count). The quantitative estimate of drug-likeness (QED) is 0.0262. The van der Waals surface area contributed by atoms with Crippen molar-refractivity contribution in [1.82, 2.24) is 0 Å². The van der Waals surface area contributed by atoms with Crippen LogP contribution < -0.4 is 0 Å². The van der Waals surface area contributed by atoms with Gasteiger partial charge in [0.2, 0.25) is 0 Å². The molecule has 0 saturated heterocycles. The second kappa shape index (κ2) is 57.2. The first-order valence-corrected chi connectivity index (χ1v) is 29.1. The zero-order valence-corrected chi connectivity index (χ0v) is 45.3. The lowest BCUT2D eigenvalue weighted by atomic mass is 10.0. The number of ether oxygens (including phenoxy) is 3. The largest absolute Gasteiger partial charge is 0.462 e. The molecule has 0 saturated carbocycles. The van der Waals surface area contributed by atoms with Gasteiger partial charge in [-0.3, -0.25) is 14.4 Å². The van der Waals surface area contributed by atoms with Gasteiger partial charge in [0.15, 0.2) is 6.10 Å². The van der Waals surface area contributed by atoms with Crippen molar-refractivity contribution in [3.05, 3.63) is 85.1 Å². The SMILES string of the molecule is CCCCC/C=C\C/C=C\C/C=C\C/C=C\CCCC(=O)O[C@H](COC(=O)CCC/C=C\C/C=C\C/C=C\CCCCCCCC)COC(=O)CCCCCCCCCCCCCCCCCCC. The minimum atomic E-state index is -0.824. The maximum Gasteiger partial charge on any atom is 0.306 e. The Balaban J connectivity index is 4.52. The third-order valence-electron chi connectivity index (χ3n) is 12.4. The number of carbonyl (C=O) groups excluding carboxylic acids is 3. The predicted octanol–water partition coefficient (Wildman–Crippen LogP) is 19.5. The van der Waals surface area contributed by atoms with Gasteiger partial charge in [-0.2, -0.15) is 0 Å². The monoisotopic (exact) mass is 961 g/mol. The Labute approximate surface area is 426 Å². The summed E-state index contributed by atoms with van der Waals surface area (Å²) in [6.45, 7) is 6.54. The van der Waals surface area contributed by atoms with Crippen molar-refractivity contribution in [3.8, 4) is 0 Å². The molecule has 0 N–H and O–H groups in total. The van der Waals surface area contributed by atoms with Crippen LogP contribution in [0.5, 0.6) is 0 Å². The molecular formula is C63H108O6. The number of rotatable bonds is 52. The summed E-state index contributed by atoms with van der Waals surface area (Å²) in [4.78, 5) is 38.1. The first kappa shape index (κ1) is 65.6. The molecular weight excluding hydrogens is 853 g/mol. The Hall–Kier alpha value is -3.41. The third-order valence-corrected chi connectivity index (χ3v) is 12.4. The average Bonchev–Trinajstić information content (AvgIpc) is 3.35. The fourth-order valence-corrected chi connectivity index (χ4v) is 7.98. The van der Waals surface area contributed by atoms with Crippen LogP contribution in [-0.4, -0.2) is 37.2 Å². The van der Waals surface area contributed by atoms with Crippen LogP contribution in [0.3, 0.4) is 0 Å². The van der Waals surface area contributed by atoms with Gasteiger partial charge < -0.3 is 14.2 Å². The Morgan fingerprint density at radius 3 is 0.899 bits per heavy atom. The van der Waals surface area contributed by atoms with Crippen LogP contribution >= 0.6 is 0 Å². The summed E-state index contributed by atoms with van der Waals surface area (Å²) >= 11 is 0. The summed E-state index contributed by atoms with van der Waals surface area (Å²) in [5.41, 5.74) is 0. The summed E-state index contributed by atoms with van der Waals surface area (Å²) < 4.78 is 16.8. The summed E-state index contributed by atoms with van der Waals surface area (Å²) in [6.07, 6.45) is 74.4. The molecule has 6 nitrogen and oxygen atoms in total. The van der Waals surface area contributed by atoms with E-state index in [1.54, 1.807) is 0 Å². The summed E-state index contributed by atoms with van der Waals surface area (Å²) in [7, 11) is 0. The molecule has 69 heavy (non-hydrogen) atoms. The van der Waals surface area contributed by atoms with Crippen LogP contribution in [0.25, 0.3) is 0 Å². The summed E-state index contributed by atoms with van der Waals surface area (Å²) in [5, 5.41) is 0. The van der Waals surface area contributed by atoms with E-state index in [2.05, 4.69) is 106 Å². The number of carbonyl (C=O) groups is 3. The summed E-state index contributed by atoms with van der Waals surface area (Å²) in [6, 6.07) is 0. The molecule has 0 aliphatic rings. The lowest BCUT2D eigenvalue weighted by Crippen LogP contribution is -2.30. The Kier molecular flexibility index (Phi) is 54.3. The molecule has 0 radical (unpaired) electrons. The van der Waals surface area contributed by atoms with Gasteiger partial charge in [0.1, 0.15) is 13.2 Å². The van der Waals surface area contributed by atoms with Crippen molar-refractivity contribution in [1.29, 1.82) is 0 Å². The zero-order valence-electron chi connectivity index (χ0n) is 45.3. The smallest absolute Gasteiger partial charge is 0.306 e. The van der Waals surface area contributed by atoms with Gasteiger partial charge in [-0.1, -0.05) is 254 Å². The van der Waals surface area contributed by atoms with Gasteiger partial charge in [-0.15, -0.1) is 0 Å². The number of esters is 3. The predicted molar refractivity (Wildman–Crippen MR) is 297 cm³/mol. The van der Waals surface area contributed by atoms with Crippen molar-refractivity contribution in [3.63, 3.8) is 0 Å². The lowest BCUT2D eigenvalue weighted by Gasteiger charge is -2.18. The first-order chi connectivity index (χ1) is 34.0. The van der Waals surface area contributed by atoms with Crippen molar-refractivity contribution in [2.45, 2.75) is 284 Å². The van der Waals surface area contributed by atoms with E-state index < -0.39 is 6.10 Å². The standard InChI is InChI=1S/C63H108O6/c1-4-7-10-13-16-19-22-25-28-31-34-37-40-43-46-49-52-55-61(64)67-58-60(69-63(66)57-54-51-48-45-42-39-36-33-30-27-24-21-18-15-12-9-6-3)59-68-62(65)56-53-50-47-44-41-38-35-32-29-26-23-20-17-14-11-8-5-2/h18,21,25,27-28,30,34,36-37,39,43,45-46,48,60H,4-17,19-20,22-24,26,29,31-33,35,38,40-42,44,47,49-59H2,1-3H3/b21-18-,28-25-,30-27-,37-34-,39-36-,46-43-,48-45-/t60-/m1/s1. The maximum atomic E-state index is 12.8. The van der Waals surface area contributed by atoms with E-state index in [0.717, 1.165) is 64.2 Å². The van der Waals surface area contributed by atoms with Crippen molar-refractivity contribution in [2.24, 2.45) is 0 Å². The van der Waals surface area contributed by atoms with Crippen LogP contribution in [0, 0.1) is 0 Å². The van der Waals surface area contributed by atoms with Gasteiger partial charge in [0.25, 0.3) is 0 Å². The highest BCUT2D eigenvalue weighted by Crippen LogP contribution is 2.15. The van der Waals surface area contributed by atoms with Crippen LogP contribution in [0.2, 0.25) is 0 Å². The number of unbranched alkanes of at least 4 members (excludes halogenated alkanes) is 27. The van der Waals surface area contributed by atoms with Crippen molar-refractivity contribution < 1.29 is 28.6 Å². The van der Waals surface area contributed by atoms with Crippen molar-refractivity contribution in [2.75, 3.05) is 13.2 Å². The van der Waals surface area contributed by atoms with E-state index in [1.165, 1.54) is 161 Å². The van der Waals surface area contributed by atoms with Gasteiger partial charge in [0.05, 0.1) is 0 Å². The molecule has 0 fully saturated rings. The number of hydrogen-bond acceptors (Lipinski definition) is 6. The molecule has 0 aromatic carbocycles. The molecule has 396 valence electrons. The average molecular weight is 962 g/mol. The molecule has 0 aromatic heterocycles. The highest BCUT2D eigenvalue weighted by atomic mass is 16.6. The Morgan fingerprint density at radius 2 is 0.536 bits per heavy atom. The summed E-state index contributed by atoms with van der Waals surface area (Å²) in [5.74, 6) is -1.02. The minimum Gasteiger partial charge on any atom is -0.462 e.